The van der Waals surface area contributed by atoms with Crippen molar-refractivity contribution in [3.8, 4) is 0 Å². The van der Waals surface area contributed by atoms with Crippen LogP contribution in [0.4, 0.5) is 0 Å². The van der Waals surface area contributed by atoms with Gasteiger partial charge in [-0.2, -0.15) is 0 Å². The quantitative estimate of drug-likeness (QED) is 0.479. The minimum Gasteiger partial charge on any atom is -0.416 e. The number of hydrogen-bond acceptors (Lipinski definition) is 2. The lowest BCUT2D eigenvalue weighted by atomic mass is 9.94. The van der Waals surface area contributed by atoms with Crippen molar-refractivity contribution in [2.45, 2.75) is 79.9 Å². The molecule has 0 spiro atoms. The fraction of sp³-hybridized carbons (Fsp3) is 0.889. The first-order valence-electron chi connectivity index (χ1n) is 8.05. The molecular formula is C18H38OSSi. The second-order valence-electron chi connectivity index (χ2n) is 9.52. The van der Waals surface area contributed by atoms with Crippen molar-refractivity contribution in [1.82, 2.24) is 0 Å². The van der Waals surface area contributed by atoms with E-state index in [1.807, 2.05) is 11.8 Å². The average molecular weight is 331 g/mol. The maximum atomic E-state index is 6.39. The predicted molar refractivity (Wildman–Crippen MR) is 103 cm³/mol. The predicted octanol–water partition coefficient (Wildman–Crippen LogP) is 6.72. The summed E-state index contributed by atoms with van der Waals surface area (Å²) in [7, 11) is -1.67. The van der Waals surface area contributed by atoms with Crippen LogP contribution in [0.25, 0.3) is 0 Å². The van der Waals surface area contributed by atoms with Crippen LogP contribution >= 0.6 is 11.8 Å². The first-order chi connectivity index (χ1) is 9.08. The van der Waals surface area contributed by atoms with E-state index in [1.165, 1.54) is 11.3 Å². The topological polar surface area (TPSA) is 9.23 Å². The number of thioether (sulfide) groups is 1. The third kappa shape index (κ3) is 7.90. The van der Waals surface area contributed by atoms with Gasteiger partial charge in [0, 0.05) is 12.0 Å². The Labute approximate surface area is 139 Å². The molecule has 126 valence electrons. The SMILES string of the molecule is C=C(SCCC(C)(C)C)C(C)(C)CO[Si](C)(C)C(C)(C)C. The van der Waals surface area contributed by atoms with Gasteiger partial charge in [0.25, 0.3) is 0 Å². The third-order valence-corrected chi connectivity index (χ3v) is 10.3. The molecule has 0 aromatic carbocycles. The molecule has 0 aromatic heterocycles. The van der Waals surface area contributed by atoms with Gasteiger partial charge in [0.1, 0.15) is 0 Å². The molecule has 0 amide bonds. The molecule has 0 aliphatic heterocycles. The van der Waals surface area contributed by atoms with Gasteiger partial charge in [-0.15, -0.1) is 11.8 Å². The molecule has 0 rings (SSSR count). The maximum absolute atomic E-state index is 6.39. The Morgan fingerprint density at radius 1 is 1.00 bits per heavy atom. The van der Waals surface area contributed by atoms with Gasteiger partial charge in [0.2, 0.25) is 0 Å². The first-order valence-corrected chi connectivity index (χ1v) is 11.9. The van der Waals surface area contributed by atoms with Crippen molar-refractivity contribution in [1.29, 1.82) is 0 Å². The number of rotatable bonds is 7. The molecule has 0 heterocycles. The van der Waals surface area contributed by atoms with Gasteiger partial charge in [0.05, 0.1) is 0 Å². The Kier molecular flexibility index (Phi) is 7.32. The molecule has 0 N–H and O–H groups in total. The van der Waals surface area contributed by atoms with E-state index in [9.17, 15) is 0 Å². The highest BCUT2D eigenvalue weighted by Crippen LogP contribution is 2.40. The van der Waals surface area contributed by atoms with Crippen molar-refractivity contribution < 1.29 is 4.43 Å². The summed E-state index contributed by atoms with van der Waals surface area (Å²) >= 11 is 1.91. The smallest absolute Gasteiger partial charge is 0.192 e. The van der Waals surface area contributed by atoms with Gasteiger partial charge >= 0.3 is 0 Å². The van der Waals surface area contributed by atoms with Crippen LogP contribution in [0.15, 0.2) is 11.5 Å². The monoisotopic (exact) mass is 330 g/mol. The van der Waals surface area contributed by atoms with Crippen LogP contribution in [-0.4, -0.2) is 20.7 Å². The van der Waals surface area contributed by atoms with E-state index in [0.29, 0.717) is 5.41 Å². The van der Waals surface area contributed by atoms with E-state index >= 15 is 0 Å². The standard InChI is InChI=1S/C18H38OSSi/c1-15(20-13-12-16(2,3)4)18(8,9)14-19-21(10,11)17(5,6)7/h1,12-14H2,2-11H3. The second kappa shape index (κ2) is 7.23. The molecule has 1 nitrogen and oxygen atoms in total. The molecule has 0 saturated carbocycles. The highest BCUT2D eigenvalue weighted by molar-refractivity contribution is 8.03. The van der Waals surface area contributed by atoms with Crippen LogP contribution < -0.4 is 0 Å². The second-order valence-corrected chi connectivity index (χ2v) is 15.5. The zero-order chi connectivity index (χ0) is 17.1. The molecular weight excluding hydrogens is 292 g/mol. The van der Waals surface area contributed by atoms with E-state index in [4.69, 9.17) is 4.43 Å². The van der Waals surface area contributed by atoms with E-state index < -0.39 is 8.32 Å². The summed E-state index contributed by atoms with van der Waals surface area (Å²) in [5.74, 6) is 1.14. The summed E-state index contributed by atoms with van der Waals surface area (Å²) in [6.45, 7) is 28.0. The lowest BCUT2D eigenvalue weighted by Gasteiger charge is -2.39. The molecule has 0 aromatic rings. The van der Waals surface area contributed by atoms with Crippen LogP contribution in [0.1, 0.15) is 61.8 Å². The van der Waals surface area contributed by atoms with Gasteiger partial charge in [-0.3, -0.25) is 0 Å². The Hall–Kier alpha value is 0.267. The van der Waals surface area contributed by atoms with Crippen LogP contribution in [0, 0.1) is 10.8 Å². The van der Waals surface area contributed by atoms with Gasteiger partial charge in [-0.25, -0.2) is 0 Å². The van der Waals surface area contributed by atoms with Crippen LogP contribution in [0.3, 0.4) is 0 Å². The first kappa shape index (κ1) is 21.3. The Morgan fingerprint density at radius 2 is 1.48 bits per heavy atom. The van der Waals surface area contributed by atoms with Crippen molar-refractivity contribution >= 4 is 20.1 Å². The zero-order valence-electron chi connectivity index (χ0n) is 16.1. The highest BCUT2D eigenvalue weighted by Gasteiger charge is 2.38. The molecule has 0 aliphatic rings. The summed E-state index contributed by atoms with van der Waals surface area (Å²) in [6.07, 6.45) is 1.22. The largest absolute Gasteiger partial charge is 0.416 e. The van der Waals surface area contributed by atoms with Gasteiger partial charge < -0.3 is 4.43 Å². The molecule has 0 radical (unpaired) electrons. The van der Waals surface area contributed by atoms with Gasteiger partial charge in [-0.05, 0) is 40.6 Å². The van der Waals surface area contributed by atoms with Crippen molar-refractivity contribution in [2.24, 2.45) is 10.8 Å². The average Bonchev–Trinajstić information content (AvgIpc) is 2.23. The van der Waals surface area contributed by atoms with E-state index in [2.05, 4.69) is 75.1 Å². The van der Waals surface area contributed by atoms with E-state index in [1.54, 1.807) is 0 Å². The summed E-state index contributed by atoms with van der Waals surface area (Å²) in [5.41, 5.74) is 0.438. The molecule has 0 unspecified atom stereocenters. The molecule has 0 fully saturated rings. The van der Waals surface area contributed by atoms with E-state index in [-0.39, 0.29) is 10.5 Å². The van der Waals surface area contributed by atoms with E-state index in [0.717, 1.165) is 12.4 Å². The Bertz CT molecular complexity index is 345. The van der Waals surface area contributed by atoms with Crippen LogP contribution in [-0.2, 0) is 4.43 Å². The zero-order valence-corrected chi connectivity index (χ0v) is 18.0. The van der Waals surface area contributed by atoms with Gasteiger partial charge in [-0.1, -0.05) is 62.0 Å². The summed E-state index contributed by atoms with van der Waals surface area (Å²) < 4.78 is 6.39. The van der Waals surface area contributed by atoms with Crippen LogP contribution in [0.2, 0.25) is 18.1 Å². The summed E-state index contributed by atoms with van der Waals surface area (Å²) in [4.78, 5) is 1.26. The maximum Gasteiger partial charge on any atom is 0.192 e. The van der Waals surface area contributed by atoms with Crippen molar-refractivity contribution in [3.63, 3.8) is 0 Å². The molecule has 0 atom stereocenters. The van der Waals surface area contributed by atoms with Crippen molar-refractivity contribution in [3.05, 3.63) is 11.5 Å². The molecule has 0 saturated heterocycles. The Morgan fingerprint density at radius 3 is 1.86 bits per heavy atom. The lowest BCUT2D eigenvalue weighted by Crippen LogP contribution is -2.43. The van der Waals surface area contributed by atoms with Crippen molar-refractivity contribution in [2.75, 3.05) is 12.4 Å². The highest BCUT2D eigenvalue weighted by atomic mass is 32.2. The Balaban J connectivity index is 4.46. The summed E-state index contributed by atoms with van der Waals surface area (Å²) in [5, 5.41) is 0.268. The summed E-state index contributed by atoms with van der Waals surface area (Å²) in [6, 6.07) is 0. The molecule has 3 heteroatoms. The minimum absolute atomic E-state index is 0.0398. The van der Waals surface area contributed by atoms with Crippen LogP contribution in [0.5, 0.6) is 0 Å². The fourth-order valence-electron chi connectivity index (χ4n) is 1.33. The molecule has 0 bridgehead atoms. The van der Waals surface area contributed by atoms with Gasteiger partial charge in [0.15, 0.2) is 8.32 Å². The minimum atomic E-state index is -1.67. The normalized spacial score (nSPS) is 14.4. The lowest BCUT2D eigenvalue weighted by molar-refractivity contribution is 0.200. The fourth-order valence-corrected chi connectivity index (χ4v) is 3.90. The number of hydrogen-bond donors (Lipinski definition) is 0. The molecule has 0 aliphatic carbocycles. The third-order valence-electron chi connectivity index (χ3n) is 4.48. The molecule has 21 heavy (non-hydrogen) atoms.